The molecule has 0 unspecified atom stereocenters. The van der Waals surface area contributed by atoms with Gasteiger partial charge in [-0.05, 0) is 62.9 Å². The van der Waals surface area contributed by atoms with Crippen LogP contribution in [-0.4, -0.2) is 41.6 Å². The topological polar surface area (TPSA) is 54.3 Å². The molecule has 5 nitrogen and oxygen atoms in total. The lowest BCUT2D eigenvalue weighted by atomic mass is 10.1. The summed E-state index contributed by atoms with van der Waals surface area (Å²) in [7, 11) is 1.82. The van der Waals surface area contributed by atoms with E-state index in [9.17, 15) is 9.59 Å². The number of hydrogen-bond donors (Lipinski definition) is 1. The van der Waals surface area contributed by atoms with Crippen molar-refractivity contribution in [3.63, 3.8) is 0 Å². The maximum Gasteiger partial charge on any atom is 0.307 e. The highest BCUT2D eigenvalue weighted by atomic mass is 32.1. The zero-order valence-corrected chi connectivity index (χ0v) is 15.7. The fraction of sp³-hybridized carbons (Fsp3) is 0.579. The Morgan fingerprint density at radius 1 is 1.16 bits per heavy atom. The highest BCUT2D eigenvalue weighted by molar-refractivity contribution is 7.16. The van der Waals surface area contributed by atoms with Crippen LogP contribution in [0.4, 0.5) is 0 Å². The molecule has 1 saturated heterocycles. The van der Waals surface area contributed by atoms with Crippen LogP contribution in [0, 0.1) is 0 Å². The summed E-state index contributed by atoms with van der Waals surface area (Å²) in [6, 6.07) is 6.28. The third kappa shape index (κ3) is 4.70. The number of nitrogens with zero attached hydrogens (tertiary/aromatic N) is 2. The molecule has 6 heteroatoms. The number of rotatable bonds is 8. The van der Waals surface area contributed by atoms with Crippen molar-refractivity contribution in [3.05, 3.63) is 33.4 Å². The molecule has 0 bridgehead atoms. The van der Waals surface area contributed by atoms with Gasteiger partial charge in [-0.25, -0.2) is 0 Å². The van der Waals surface area contributed by atoms with E-state index >= 15 is 0 Å². The van der Waals surface area contributed by atoms with E-state index in [0.717, 1.165) is 74.9 Å². The molecule has 1 aromatic heterocycles. The van der Waals surface area contributed by atoms with E-state index in [1.807, 2.05) is 18.0 Å². The predicted octanol–water partition coefficient (Wildman–Crippen LogP) is 2.52. The van der Waals surface area contributed by atoms with Crippen LogP contribution in [0.3, 0.4) is 0 Å². The van der Waals surface area contributed by atoms with Crippen LogP contribution in [0.15, 0.2) is 23.0 Å². The van der Waals surface area contributed by atoms with Gasteiger partial charge >= 0.3 is 4.87 Å². The first-order chi connectivity index (χ1) is 12.1. The summed E-state index contributed by atoms with van der Waals surface area (Å²) in [5, 5.41) is 3.48. The molecule has 0 spiro atoms. The number of unbranched alkanes of at least 4 members (excludes halogenated alkanes) is 1. The van der Waals surface area contributed by atoms with E-state index in [4.69, 9.17) is 0 Å². The normalized spacial score (nSPS) is 15.2. The molecule has 0 aliphatic carbocycles. The lowest BCUT2D eigenvalue weighted by molar-refractivity contribution is -0.133. The maximum atomic E-state index is 11.7. The number of hydrogen-bond acceptors (Lipinski definition) is 4. The lowest BCUT2D eigenvalue weighted by Gasteiger charge is -2.26. The van der Waals surface area contributed by atoms with Crippen molar-refractivity contribution in [3.8, 4) is 0 Å². The molecule has 1 aliphatic rings. The summed E-state index contributed by atoms with van der Waals surface area (Å²) in [5.74, 6) is 0.331. The van der Waals surface area contributed by atoms with Crippen LogP contribution in [0.25, 0.3) is 10.2 Å². The van der Waals surface area contributed by atoms with Crippen molar-refractivity contribution in [2.75, 3.05) is 26.2 Å². The number of carbonyl (C=O) groups is 1. The summed E-state index contributed by atoms with van der Waals surface area (Å²) in [6.45, 7) is 3.78. The highest BCUT2D eigenvalue weighted by Crippen LogP contribution is 2.18. The number of fused-ring (bicyclic) bond motifs is 1. The van der Waals surface area contributed by atoms with Crippen molar-refractivity contribution >= 4 is 27.5 Å². The summed E-state index contributed by atoms with van der Waals surface area (Å²) < 4.78 is 2.77. The summed E-state index contributed by atoms with van der Waals surface area (Å²) in [6.07, 6.45) is 6.09. The molecule has 3 rings (SSSR count). The second-order valence-corrected chi connectivity index (χ2v) is 7.77. The third-order valence-corrected chi connectivity index (χ3v) is 5.90. The van der Waals surface area contributed by atoms with Crippen LogP contribution in [-0.2, 0) is 18.3 Å². The lowest BCUT2D eigenvalue weighted by Crippen LogP contribution is -2.36. The Bertz CT molecular complexity index is 781. The molecule has 25 heavy (non-hydrogen) atoms. The fourth-order valence-electron chi connectivity index (χ4n) is 3.34. The van der Waals surface area contributed by atoms with Crippen LogP contribution in [0.1, 0.15) is 37.7 Å². The third-order valence-electron chi connectivity index (χ3n) is 4.90. The molecule has 1 aliphatic heterocycles. The molecular weight excluding hydrogens is 334 g/mol. The van der Waals surface area contributed by atoms with Gasteiger partial charge < -0.3 is 14.8 Å². The van der Waals surface area contributed by atoms with Gasteiger partial charge in [0.2, 0.25) is 5.91 Å². The fourth-order valence-corrected chi connectivity index (χ4v) is 4.29. The van der Waals surface area contributed by atoms with Crippen LogP contribution < -0.4 is 10.2 Å². The molecule has 1 amide bonds. The Labute approximate surface area is 152 Å². The highest BCUT2D eigenvalue weighted by Gasteiger charge is 2.16. The molecule has 2 heterocycles. The number of carbonyl (C=O) groups excluding carboxylic acids is 1. The first-order valence-corrected chi connectivity index (χ1v) is 10.0. The summed E-state index contributed by atoms with van der Waals surface area (Å²) >= 11 is 1.31. The molecule has 136 valence electrons. The Morgan fingerprint density at radius 2 is 2.04 bits per heavy atom. The zero-order valence-electron chi connectivity index (χ0n) is 14.9. The number of benzene rings is 1. The molecule has 1 fully saturated rings. The number of aromatic nitrogens is 1. The molecular formula is C19H27N3O2S. The summed E-state index contributed by atoms with van der Waals surface area (Å²) in [5.41, 5.74) is 2.28. The van der Waals surface area contributed by atoms with Gasteiger partial charge in [0.1, 0.15) is 0 Å². The van der Waals surface area contributed by atoms with E-state index in [-0.39, 0.29) is 4.87 Å². The average Bonchev–Trinajstić information content (AvgIpc) is 2.89. The van der Waals surface area contributed by atoms with Crippen molar-refractivity contribution < 1.29 is 4.79 Å². The van der Waals surface area contributed by atoms with E-state index in [2.05, 4.69) is 17.4 Å². The van der Waals surface area contributed by atoms with Gasteiger partial charge in [0, 0.05) is 26.6 Å². The van der Waals surface area contributed by atoms with Crippen molar-refractivity contribution in [2.24, 2.45) is 7.05 Å². The molecule has 1 aromatic carbocycles. The molecule has 0 radical (unpaired) electrons. The average molecular weight is 362 g/mol. The van der Waals surface area contributed by atoms with Crippen LogP contribution >= 0.6 is 11.3 Å². The number of amides is 1. The minimum Gasteiger partial charge on any atom is -0.343 e. The second-order valence-electron chi connectivity index (χ2n) is 6.77. The minimum atomic E-state index is 0.0949. The number of piperidine rings is 1. The number of aryl methyl sites for hydroxylation is 1. The number of nitrogens with one attached hydrogen (secondary N) is 1. The van der Waals surface area contributed by atoms with Crippen LogP contribution in [0.2, 0.25) is 0 Å². The quantitative estimate of drug-likeness (QED) is 0.735. The van der Waals surface area contributed by atoms with E-state index in [1.54, 1.807) is 4.57 Å². The van der Waals surface area contributed by atoms with E-state index in [0.29, 0.717) is 5.91 Å². The molecule has 2 aromatic rings. The van der Waals surface area contributed by atoms with Crippen molar-refractivity contribution in [2.45, 2.75) is 38.5 Å². The van der Waals surface area contributed by atoms with Gasteiger partial charge in [-0.2, -0.15) is 0 Å². The maximum absolute atomic E-state index is 11.7. The van der Waals surface area contributed by atoms with Gasteiger partial charge in [0.25, 0.3) is 0 Å². The smallest absolute Gasteiger partial charge is 0.307 e. The van der Waals surface area contributed by atoms with Gasteiger partial charge in [-0.3, -0.25) is 9.59 Å². The Hall–Kier alpha value is -1.66. The Balaban J connectivity index is 1.33. The van der Waals surface area contributed by atoms with Crippen LogP contribution in [0.5, 0.6) is 0 Å². The van der Waals surface area contributed by atoms with Gasteiger partial charge in [-0.1, -0.05) is 17.4 Å². The second kappa shape index (κ2) is 8.63. The Kier molecular flexibility index (Phi) is 6.26. The minimum absolute atomic E-state index is 0.0949. The molecule has 1 N–H and O–H groups in total. The Morgan fingerprint density at radius 3 is 2.88 bits per heavy atom. The van der Waals surface area contributed by atoms with Gasteiger partial charge in [0.05, 0.1) is 10.2 Å². The SMILES string of the molecule is Cn1c(=O)sc2cc(CCNCCCCN3CCCCC3=O)ccc21. The van der Waals surface area contributed by atoms with Crippen molar-refractivity contribution in [1.29, 1.82) is 0 Å². The first kappa shape index (κ1) is 18.1. The standard InChI is InChI=1S/C19H27N3O2S/c1-21-16-8-7-15(14-17(16)25-19(21)24)9-11-20-10-3-5-13-22-12-4-2-6-18(22)23/h7-8,14,20H,2-6,9-13H2,1H3. The van der Waals surface area contributed by atoms with Gasteiger partial charge in [-0.15, -0.1) is 0 Å². The largest absolute Gasteiger partial charge is 0.343 e. The van der Waals surface area contributed by atoms with Crippen molar-refractivity contribution in [1.82, 2.24) is 14.8 Å². The summed E-state index contributed by atoms with van der Waals surface area (Å²) in [4.78, 5) is 25.5. The van der Waals surface area contributed by atoms with Gasteiger partial charge in [0.15, 0.2) is 0 Å². The molecule has 0 saturated carbocycles. The molecule has 0 atom stereocenters. The number of thiazole rings is 1. The predicted molar refractivity (Wildman–Crippen MR) is 103 cm³/mol. The number of likely N-dealkylation sites (tertiary alicyclic amines) is 1. The monoisotopic (exact) mass is 361 g/mol. The first-order valence-electron chi connectivity index (χ1n) is 9.22. The zero-order chi connectivity index (χ0) is 17.6. The van der Waals surface area contributed by atoms with E-state index < -0.39 is 0 Å². The van der Waals surface area contributed by atoms with E-state index in [1.165, 1.54) is 16.9 Å².